The van der Waals surface area contributed by atoms with Crippen LogP contribution < -0.4 is 5.32 Å². The fourth-order valence-electron chi connectivity index (χ4n) is 1.58. The quantitative estimate of drug-likeness (QED) is 0.756. The molecule has 0 spiro atoms. The molecule has 8 heteroatoms. The molecule has 0 aliphatic carbocycles. The van der Waals surface area contributed by atoms with Crippen molar-refractivity contribution in [2.75, 3.05) is 18.5 Å². The van der Waals surface area contributed by atoms with E-state index < -0.39 is 23.8 Å². The Labute approximate surface area is 128 Å². The number of nitrogens with one attached hydrogen (secondary N) is 1. The number of benzene rings is 1. The van der Waals surface area contributed by atoms with Gasteiger partial charge in [-0.1, -0.05) is 15.9 Å². The Morgan fingerprint density at radius 2 is 2.10 bits per heavy atom. The summed E-state index contributed by atoms with van der Waals surface area (Å²) >= 11 is 3.00. The van der Waals surface area contributed by atoms with Gasteiger partial charge in [0.15, 0.2) is 0 Å². The maximum Gasteiger partial charge on any atom is 0.416 e. The first-order valence-electron chi connectivity index (χ1n) is 6.17. The molecule has 1 aromatic carbocycles. The Hall–Kier alpha value is -1.28. The first-order valence-corrected chi connectivity index (χ1v) is 6.97. The predicted molar refractivity (Wildman–Crippen MR) is 74.9 cm³/mol. The number of aliphatic hydroxyl groups excluding tert-OH is 1. The molecule has 0 heterocycles. The van der Waals surface area contributed by atoms with Gasteiger partial charge in [-0.2, -0.15) is 13.2 Å². The van der Waals surface area contributed by atoms with Crippen LogP contribution in [0, 0.1) is 0 Å². The van der Waals surface area contributed by atoms with Crippen LogP contribution in [-0.2, 0) is 15.7 Å². The third-order valence-electron chi connectivity index (χ3n) is 2.47. The Morgan fingerprint density at radius 1 is 1.43 bits per heavy atom. The van der Waals surface area contributed by atoms with Crippen LogP contribution in [0.5, 0.6) is 0 Å². The van der Waals surface area contributed by atoms with Gasteiger partial charge in [0.1, 0.15) is 0 Å². The highest BCUT2D eigenvalue weighted by atomic mass is 79.9. The second kappa shape index (κ2) is 7.65. The summed E-state index contributed by atoms with van der Waals surface area (Å²) in [4.78, 5) is 11.1. The summed E-state index contributed by atoms with van der Waals surface area (Å²) in [6, 6.07) is 3.34. The molecule has 21 heavy (non-hydrogen) atoms. The van der Waals surface area contributed by atoms with E-state index in [0.29, 0.717) is 0 Å². The molecule has 1 aromatic rings. The third kappa shape index (κ3) is 6.34. The average molecular weight is 370 g/mol. The lowest BCUT2D eigenvalue weighted by Crippen LogP contribution is -2.24. The van der Waals surface area contributed by atoms with Gasteiger partial charge in [-0.15, -0.1) is 0 Å². The van der Waals surface area contributed by atoms with E-state index in [1.54, 1.807) is 6.92 Å². The van der Waals surface area contributed by atoms with Crippen molar-refractivity contribution in [3.63, 3.8) is 0 Å². The number of hydrogen-bond acceptors (Lipinski definition) is 4. The van der Waals surface area contributed by atoms with Crippen LogP contribution in [0.1, 0.15) is 18.9 Å². The van der Waals surface area contributed by atoms with Crippen molar-refractivity contribution in [3.05, 3.63) is 28.2 Å². The lowest BCUT2D eigenvalue weighted by Gasteiger charge is -2.14. The van der Waals surface area contributed by atoms with Gasteiger partial charge in [0, 0.05) is 16.7 Å². The molecule has 1 unspecified atom stereocenters. The fraction of sp³-hybridized carbons (Fsp3) is 0.462. The van der Waals surface area contributed by atoms with Crippen LogP contribution in [-0.4, -0.2) is 30.3 Å². The lowest BCUT2D eigenvalue weighted by atomic mass is 10.2. The Morgan fingerprint density at radius 3 is 2.67 bits per heavy atom. The minimum atomic E-state index is -4.45. The number of halogens is 4. The van der Waals surface area contributed by atoms with Crippen LogP contribution in [0.4, 0.5) is 18.9 Å². The summed E-state index contributed by atoms with van der Waals surface area (Å²) in [5.74, 6) is -0.558. The first-order chi connectivity index (χ1) is 9.72. The molecule has 0 saturated heterocycles. The monoisotopic (exact) mass is 369 g/mol. The van der Waals surface area contributed by atoms with Crippen molar-refractivity contribution in [2.24, 2.45) is 0 Å². The van der Waals surface area contributed by atoms with Gasteiger partial charge >= 0.3 is 12.1 Å². The van der Waals surface area contributed by atoms with Gasteiger partial charge in [0.05, 0.1) is 24.7 Å². The minimum absolute atomic E-state index is 0.0629. The molecule has 0 aromatic heterocycles. The van der Waals surface area contributed by atoms with Gasteiger partial charge in [-0.05, 0) is 25.1 Å². The molecule has 1 rings (SSSR count). The number of rotatable bonds is 6. The molecular weight excluding hydrogens is 355 g/mol. The normalized spacial score (nSPS) is 12.9. The van der Waals surface area contributed by atoms with Gasteiger partial charge in [0.25, 0.3) is 0 Å². The van der Waals surface area contributed by atoms with Gasteiger partial charge in [-0.3, -0.25) is 4.79 Å². The van der Waals surface area contributed by atoms with E-state index in [9.17, 15) is 23.1 Å². The van der Waals surface area contributed by atoms with E-state index in [2.05, 4.69) is 26.0 Å². The standard InChI is InChI=1S/C13H15BrF3NO3/c1-2-21-12(20)6-11(19)7-18-10-4-8(13(15,16)17)3-9(14)5-10/h3-5,11,18-19H,2,6-7H2,1H3. The molecule has 1 atom stereocenters. The van der Waals surface area contributed by atoms with Crippen LogP contribution in [0.2, 0.25) is 0 Å². The van der Waals surface area contributed by atoms with Crippen molar-refractivity contribution in [2.45, 2.75) is 25.6 Å². The molecule has 0 aliphatic rings. The molecule has 0 aliphatic heterocycles. The Balaban J connectivity index is 2.63. The maximum atomic E-state index is 12.6. The van der Waals surface area contributed by atoms with Crippen LogP contribution >= 0.6 is 15.9 Å². The summed E-state index contributed by atoms with van der Waals surface area (Å²) < 4.78 is 42.9. The molecule has 118 valence electrons. The zero-order valence-electron chi connectivity index (χ0n) is 11.2. The predicted octanol–water partition coefficient (Wildman–Crippen LogP) is 3.19. The van der Waals surface area contributed by atoms with E-state index in [4.69, 9.17) is 0 Å². The highest BCUT2D eigenvalue weighted by Crippen LogP contribution is 2.33. The molecule has 0 amide bonds. The summed E-state index contributed by atoms with van der Waals surface area (Å²) in [6.45, 7) is 1.79. The van der Waals surface area contributed by atoms with E-state index in [0.717, 1.165) is 12.1 Å². The lowest BCUT2D eigenvalue weighted by molar-refractivity contribution is -0.145. The molecule has 0 saturated carbocycles. The van der Waals surface area contributed by atoms with Gasteiger partial charge in [-0.25, -0.2) is 0 Å². The smallest absolute Gasteiger partial charge is 0.416 e. The molecule has 0 bridgehead atoms. The Bertz CT molecular complexity index is 494. The van der Waals surface area contributed by atoms with Crippen LogP contribution in [0.15, 0.2) is 22.7 Å². The number of carbonyl (C=O) groups excluding carboxylic acids is 1. The van der Waals surface area contributed by atoms with Crippen molar-refractivity contribution in [3.8, 4) is 0 Å². The summed E-state index contributed by atoms with van der Waals surface area (Å²) in [5, 5.41) is 12.3. The second-order valence-electron chi connectivity index (χ2n) is 4.27. The van der Waals surface area contributed by atoms with Crippen molar-refractivity contribution in [1.82, 2.24) is 0 Å². The van der Waals surface area contributed by atoms with Crippen molar-refractivity contribution >= 4 is 27.6 Å². The van der Waals surface area contributed by atoms with Gasteiger partial charge < -0.3 is 15.2 Å². The number of alkyl halides is 3. The molecule has 0 radical (unpaired) electrons. The average Bonchev–Trinajstić information content (AvgIpc) is 2.35. The molecule has 4 nitrogen and oxygen atoms in total. The van der Waals surface area contributed by atoms with Crippen LogP contribution in [0.25, 0.3) is 0 Å². The Kier molecular flexibility index (Phi) is 6.47. The number of hydrogen-bond donors (Lipinski definition) is 2. The van der Waals surface area contributed by atoms with E-state index in [-0.39, 0.29) is 29.7 Å². The first kappa shape index (κ1) is 17.8. The number of ether oxygens (including phenoxy) is 1. The van der Waals surface area contributed by atoms with E-state index in [1.807, 2.05) is 0 Å². The maximum absolute atomic E-state index is 12.6. The van der Waals surface area contributed by atoms with Crippen molar-refractivity contribution < 1.29 is 27.8 Å². The summed E-state index contributed by atoms with van der Waals surface area (Å²) in [5.41, 5.74) is -0.612. The highest BCUT2D eigenvalue weighted by molar-refractivity contribution is 9.10. The summed E-state index contributed by atoms with van der Waals surface area (Å²) in [6.07, 6.45) is -5.72. The van der Waals surface area contributed by atoms with E-state index in [1.165, 1.54) is 6.07 Å². The number of carbonyl (C=O) groups is 1. The zero-order valence-corrected chi connectivity index (χ0v) is 12.8. The molecule has 2 N–H and O–H groups in total. The number of anilines is 1. The van der Waals surface area contributed by atoms with Crippen LogP contribution in [0.3, 0.4) is 0 Å². The van der Waals surface area contributed by atoms with Gasteiger partial charge in [0.2, 0.25) is 0 Å². The highest BCUT2D eigenvalue weighted by Gasteiger charge is 2.31. The molecule has 0 fully saturated rings. The minimum Gasteiger partial charge on any atom is -0.466 e. The topological polar surface area (TPSA) is 58.6 Å². The fourth-order valence-corrected chi connectivity index (χ4v) is 2.07. The number of aliphatic hydroxyl groups is 1. The second-order valence-corrected chi connectivity index (χ2v) is 5.19. The third-order valence-corrected chi connectivity index (χ3v) is 2.93. The summed E-state index contributed by atoms with van der Waals surface area (Å²) in [7, 11) is 0. The zero-order chi connectivity index (χ0) is 16.0. The largest absolute Gasteiger partial charge is 0.466 e. The molecular formula is C13H15BrF3NO3. The SMILES string of the molecule is CCOC(=O)CC(O)CNc1cc(Br)cc(C(F)(F)F)c1. The van der Waals surface area contributed by atoms with Crippen molar-refractivity contribution in [1.29, 1.82) is 0 Å². The number of esters is 1. The van der Waals surface area contributed by atoms with E-state index >= 15 is 0 Å².